The first-order valence-corrected chi connectivity index (χ1v) is 5.46. The number of aliphatic hydroxyl groups is 2. The third-order valence-corrected chi connectivity index (χ3v) is 3.28. The van der Waals surface area contributed by atoms with Crippen molar-refractivity contribution in [2.45, 2.75) is 18.5 Å². The molecular weight excluding hydrogens is 239 g/mol. The molecule has 0 rings (SSSR count). The van der Waals surface area contributed by atoms with Crippen molar-refractivity contribution in [3.05, 3.63) is 0 Å². The fourth-order valence-corrected chi connectivity index (χ4v) is 1.84. The SMILES string of the molecule is CCN(C[C@H](O)CO)S(=O)(=O)C(F)(F)F. The third-order valence-electron chi connectivity index (χ3n) is 1.61. The molecule has 0 saturated carbocycles. The van der Waals surface area contributed by atoms with Gasteiger partial charge in [0.2, 0.25) is 0 Å². The van der Waals surface area contributed by atoms with E-state index in [9.17, 15) is 21.6 Å². The lowest BCUT2D eigenvalue weighted by atomic mass is 10.4. The van der Waals surface area contributed by atoms with E-state index in [1.165, 1.54) is 6.92 Å². The molecule has 0 aliphatic rings. The number of halogens is 3. The second-order valence-electron chi connectivity index (χ2n) is 2.74. The Kier molecular flexibility index (Phi) is 4.97. The van der Waals surface area contributed by atoms with Crippen LogP contribution < -0.4 is 0 Å². The molecule has 15 heavy (non-hydrogen) atoms. The van der Waals surface area contributed by atoms with Gasteiger partial charge >= 0.3 is 15.5 Å². The number of likely N-dealkylation sites (N-methyl/N-ethyl adjacent to an activating group) is 1. The maximum atomic E-state index is 12.1. The van der Waals surface area contributed by atoms with Crippen molar-refractivity contribution in [2.24, 2.45) is 0 Å². The fourth-order valence-electron chi connectivity index (χ4n) is 0.836. The maximum Gasteiger partial charge on any atom is 0.511 e. The summed E-state index contributed by atoms with van der Waals surface area (Å²) in [6.07, 6.45) is -1.53. The van der Waals surface area contributed by atoms with Crippen LogP contribution in [0.5, 0.6) is 0 Å². The van der Waals surface area contributed by atoms with Gasteiger partial charge in [0, 0.05) is 13.1 Å². The van der Waals surface area contributed by atoms with Gasteiger partial charge < -0.3 is 10.2 Å². The van der Waals surface area contributed by atoms with Gasteiger partial charge in [0.1, 0.15) is 0 Å². The van der Waals surface area contributed by atoms with Gasteiger partial charge in [0.25, 0.3) is 0 Å². The second-order valence-corrected chi connectivity index (χ2v) is 4.67. The molecule has 5 nitrogen and oxygen atoms in total. The van der Waals surface area contributed by atoms with E-state index in [1.807, 2.05) is 0 Å². The Balaban J connectivity index is 4.83. The predicted molar refractivity (Wildman–Crippen MR) is 45.3 cm³/mol. The topological polar surface area (TPSA) is 77.8 Å². The van der Waals surface area contributed by atoms with Gasteiger partial charge in [-0.1, -0.05) is 6.92 Å². The van der Waals surface area contributed by atoms with Gasteiger partial charge in [-0.2, -0.15) is 17.5 Å². The van der Waals surface area contributed by atoms with Crippen LogP contribution in [0.15, 0.2) is 0 Å². The van der Waals surface area contributed by atoms with Crippen molar-refractivity contribution < 1.29 is 31.8 Å². The molecule has 0 aromatic heterocycles. The number of nitrogens with zero attached hydrogens (tertiary/aromatic N) is 1. The average Bonchev–Trinajstić information content (AvgIpc) is 2.11. The van der Waals surface area contributed by atoms with Crippen LogP contribution in [0.25, 0.3) is 0 Å². The first-order valence-electron chi connectivity index (χ1n) is 4.02. The molecule has 2 N–H and O–H groups in total. The van der Waals surface area contributed by atoms with Crippen LogP contribution in [0.1, 0.15) is 6.92 Å². The minimum Gasteiger partial charge on any atom is -0.394 e. The van der Waals surface area contributed by atoms with Crippen LogP contribution in [-0.4, -0.2) is 54.2 Å². The zero-order valence-electron chi connectivity index (χ0n) is 7.90. The van der Waals surface area contributed by atoms with Crippen molar-refractivity contribution in [1.82, 2.24) is 4.31 Å². The van der Waals surface area contributed by atoms with E-state index in [0.29, 0.717) is 0 Å². The van der Waals surface area contributed by atoms with Gasteiger partial charge in [-0.05, 0) is 0 Å². The summed E-state index contributed by atoms with van der Waals surface area (Å²) in [4.78, 5) is 0. The normalized spacial score (nSPS) is 15.7. The summed E-state index contributed by atoms with van der Waals surface area (Å²) < 4.78 is 57.9. The highest BCUT2D eigenvalue weighted by Crippen LogP contribution is 2.26. The van der Waals surface area contributed by atoms with Crippen LogP contribution in [0.2, 0.25) is 0 Å². The molecule has 0 amide bonds. The van der Waals surface area contributed by atoms with Crippen molar-refractivity contribution in [1.29, 1.82) is 0 Å². The smallest absolute Gasteiger partial charge is 0.394 e. The summed E-state index contributed by atoms with van der Waals surface area (Å²) in [5.41, 5.74) is -5.39. The molecule has 0 aliphatic carbocycles. The predicted octanol–water partition coefficient (Wildman–Crippen LogP) is -0.489. The average molecular weight is 251 g/mol. The number of rotatable bonds is 5. The van der Waals surface area contributed by atoms with E-state index in [-0.39, 0.29) is 4.31 Å². The van der Waals surface area contributed by atoms with Crippen LogP contribution in [0.3, 0.4) is 0 Å². The van der Waals surface area contributed by atoms with Crippen LogP contribution in [0, 0.1) is 0 Å². The molecule has 0 radical (unpaired) electrons. The molecule has 1 atom stereocenters. The fraction of sp³-hybridized carbons (Fsp3) is 1.00. The summed E-state index contributed by atoms with van der Waals surface area (Å²) in [5.74, 6) is 0. The van der Waals surface area contributed by atoms with Gasteiger partial charge in [-0.25, -0.2) is 8.42 Å². The second kappa shape index (κ2) is 5.10. The molecule has 9 heteroatoms. The van der Waals surface area contributed by atoms with E-state index in [4.69, 9.17) is 10.2 Å². The van der Waals surface area contributed by atoms with E-state index >= 15 is 0 Å². The van der Waals surface area contributed by atoms with E-state index in [1.54, 1.807) is 0 Å². The van der Waals surface area contributed by atoms with Crippen molar-refractivity contribution in [3.63, 3.8) is 0 Å². The van der Waals surface area contributed by atoms with Crippen molar-refractivity contribution in [3.8, 4) is 0 Å². The Bertz CT molecular complexity index is 289. The molecule has 0 spiro atoms. The summed E-state index contributed by atoms with van der Waals surface area (Å²) in [5, 5.41) is 17.3. The standard InChI is InChI=1S/C6H12F3NO4S/c1-2-10(3-5(12)4-11)15(13,14)6(7,8)9/h5,11-12H,2-4H2,1H3/t5-/m0/s1. The number of sulfonamides is 1. The monoisotopic (exact) mass is 251 g/mol. The summed E-state index contributed by atoms with van der Waals surface area (Å²) >= 11 is 0. The van der Waals surface area contributed by atoms with E-state index in [0.717, 1.165) is 0 Å². The van der Waals surface area contributed by atoms with E-state index in [2.05, 4.69) is 0 Å². The minimum absolute atomic E-state index is 0.0634. The van der Waals surface area contributed by atoms with Gasteiger partial charge in [-0.3, -0.25) is 0 Å². The lowest BCUT2D eigenvalue weighted by Crippen LogP contribution is -2.44. The van der Waals surface area contributed by atoms with Crippen LogP contribution >= 0.6 is 0 Å². The molecule has 0 aliphatic heterocycles. The molecule has 0 aromatic rings. The lowest BCUT2D eigenvalue weighted by Gasteiger charge is -2.23. The summed E-state index contributed by atoms with van der Waals surface area (Å²) in [7, 11) is -5.43. The van der Waals surface area contributed by atoms with Crippen molar-refractivity contribution >= 4 is 10.0 Å². The quantitative estimate of drug-likeness (QED) is 0.691. The number of alkyl halides is 3. The molecule has 0 fully saturated rings. The molecule has 92 valence electrons. The lowest BCUT2D eigenvalue weighted by molar-refractivity contribution is -0.0500. The first kappa shape index (κ1) is 14.6. The first-order chi connectivity index (χ1) is 6.66. The highest BCUT2D eigenvalue weighted by atomic mass is 32.2. The maximum absolute atomic E-state index is 12.1. The minimum atomic E-state index is -5.43. The Morgan fingerprint density at radius 1 is 1.40 bits per heavy atom. The molecule has 0 bridgehead atoms. The van der Waals surface area contributed by atoms with Crippen molar-refractivity contribution in [2.75, 3.05) is 19.7 Å². The zero-order valence-corrected chi connectivity index (χ0v) is 8.72. The zero-order chi connectivity index (χ0) is 12.3. The highest BCUT2D eigenvalue weighted by molar-refractivity contribution is 7.90. The van der Waals surface area contributed by atoms with Gasteiger partial charge in [0.15, 0.2) is 0 Å². The number of hydrogen-bond donors (Lipinski definition) is 2. The Labute approximate surface area is 85.2 Å². The number of hydrogen-bond acceptors (Lipinski definition) is 4. The highest BCUT2D eigenvalue weighted by Gasteiger charge is 2.49. The molecular formula is C6H12F3NO4S. The molecule has 0 aromatic carbocycles. The summed E-state index contributed by atoms with van der Waals surface area (Å²) in [6.45, 7) is -0.814. The Morgan fingerprint density at radius 3 is 2.13 bits per heavy atom. The van der Waals surface area contributed by atoms with E-state index < -0.39 is 41.3 Å². The van der Waals surface area contributed by atoms with Gasteiger partial charge in [-0.15, -0.1) is 0 Å². The largest absolute Gasteiger partial charge is 0.511 e. The van der Waals surface area contributed by atoms with Gasteiger partial charge in [0.05, 0.1) is 12.7 Å². The Morgan fingerprint density at radius 2 is 1.87 bits per heavy atom. The molecule has 0 saturated heterocycles. The van der Waals surface area contributed by atoms with Crippen LogP contribution in [-0.2, 0) is 10.0 Å². The number of aliphatic hydroxyl groups excluding tert-OH is 2. The van der Waals surface area contributed by atoms with Crippen LogP contribution in [0.4, 0.5) is 13.2 Å². The Hall–Kier alpha value is -0.380. The third kappa shape index (κ3) is 3.59. The summed E-state index contributed by atoms with van der Waals surface area (Å²) in [6, 6.07) is 0. The molecule has 0 heterocycles. The molecule has 0 unspecified atom stereocenters.